The van der Waals surface area contributed by atoms with E-state index in [2.05, 4.69) is 5.32 Å². The molecule has 0 aliphatic rings. The summed E-state index contributed by atoms with van der Waals surface area (Å²) < 4.78 is 10.6. The monoisotopic (exact) mass is 347 g/mol. The maximum Gasteiger partial charge on any atom is 0.347 e. The molecule has 1 N–H and O–H groups in total. The maximum absolute atomic E-state index is 12.1. The van der Waals surface area contributed by atoms with Crippen LogP contribution in [0.5, 0.6) is 5.75 Å². The SMILES string of the molecule is C[C@@H](OC(=O)[C@@H](C)Oc1ccccc1)C(=O)Nc1cccc(Cl)c1. The number of ether oxygens (including phenoxy) is 2. The standard InChI is InChI=1S/C18H18ClNO4/c1-12(17(21)20-15-8-6-7-14(19)11-15)24-18(22)13(2)23-16-9-4-3-5-10-16/h3-13H,1-2H3,(H,20,21)/t12-,13-/m1/s1. The molecule has 2 atom stereocenters. The van der Waals surface area contributed by atoms with Crippen molar-refractivity contribution in [3.05, 3.63) is 59.6 Å². The van der Waals surface area contributed by atoms with Crippen LogP contribution in [-0.2, 0) is 14.3 Å². The Morgan fingerprint density at radius 3 is 2.38 bits per heavy atom. The minimum Gasteiger partial charge on any atom is -0.479 e. The van der Waals surface area contributed by atoms with Gasteiger partial charge in [-0.2, -0.15) is 0 Å². The van der Waals surface area contributed by atoms with Crippen molar-refractivity contribution >= 4 is 29.2 Å². The van der Waals surface area contributed by atoms with Crippen molar-refractivity contribution in [1.29, 1.82) is 0 Å². The predicted molar refractivity (Wildman–Crippen MR) is 92.2 cm³/mol. The first-order valence-electron chi connectivity index (χ1n) is 7.44. The summed E-state index contributed by atoms with van der Waals surface area (Å²) >= 11 is 5.86. The molecule has 5 nitrogen and oxygen atoms in total. The van der Waals surface area contributed by atoms with Crippen LogP contribution in [0.1, 0.15) is 13.8 Å². The highest BCUT2D eigenvalue weighted by atomic mass is 35.5. The Kier molecular flexibility index (Phi) is 6.21. The van der Waals surface area contributed by atoms with E-state index in [-0.39, 0.29) is 0 Å². The van der Waals surface area contributed by atoms with Crippen LogP contribution in [-0.4, -0.2) is 24.1 Å². The minimum atomic E-state index is -0.960. The molecule has 0 saturated carbocycles. The number of hydrogen-bond donors (Lipinski definition) is 1. The Morgan fingerprint density at radius 2 is 1.71 bits per heavy atom. The lowest BCUT2D eigenvalue weighted by molar-refractivity contribution is -0.159. The minimum absolute atomic E-state index is 0.447. The number of para-hydroxylation sites is 1. The van der Waals surface area contributed by atoms with E-state index < -0.39 is 24.1 Å². The number of hydrogen-bond acceptors (Lipinski definition) is 4. The summed E-state index contributed by atoms with van der Waals surface area (Å²) in [4.78, 5) is 24.1. The molecule has 2 aromatic rings. The molecule has 24 heavy (non-hydrogen) atoms. The zero-order valence-corrected chi connectivity index (χ0v) is 14.1. The predicted octanol–water partition coefficient (Wildman–Crippen LogP) is 3.68. The van der Waals surface area contributed by atoms with Crippen LogP contribution in [0.2, 0.25) is 5.02 Å². The fraction of sp³-hybridized carbons (Fsp3) is 0.222. The average Bonchev–Trinajstić information content (AvgIpc) is 2.55. The molecule has 0 aliphatic carbocycles. The Morgan fingerprint density at radius 1 is 1.00 bits per heavy atom. The maximum atomic E-state index is 12.1. The van der Waals surface area contributed by atoms with Crippen molar-refractivity contribution in [2.24, 2.45) is 0 Å². The van der Waals surface area contributed by atoms with Gasteiger partial charge in [0.15, 0.2) is 12.2 Å². The van der Waals surface area contributed by atoms with Gasteiger partial charge in [-0.1, -0.05) is 35.9 Å². The van der Waals surface area contributed by atoms with Crippen LogP contribution >= 0.6 is 11.6 Å². The van der Waals surface area contributed by atoms with Gasteiger partial charge in [-0.15, -0.1) is 0 Å². The van der Waals surface area contributed by atoms with Gasteiger partial charge in [-0.05, 0) is 44.2 Å². The van der Waals surface area contributed by atoms with Crippen molar-refractivity contribution < 1.29 is 19.1 Å². The lowest BCUT2D eigenvalue weighted by Crippen LogP contribution is -2.35. The third-order valence-electron chi connectivity index (χ3n) is 3.14. The van der Waals surface area contributed by atoms with E-state index in [0.717, 1.165) is 0 Å². The fourth-order valence-electron chi connectivity index (χ4n) is 1.88. The zero-order chi connectivity index (χ0) is 17.5. The first-order chi connectivity index (χ1) is 11.5. The number of benzene rings is 2. The van der Waals surface area contributed by atoms with Crippen LogP contribution in [0, 0.1) is 0 Å². The van der Waals surface area contributed by atoms with Gasteiger partial charge < -0.3 is 14.8 Å². The molecule has 1 amide bonds. The molecule has 2 rings (SSSR count). The van der Waals surface area contributed by atoms with Gasteiger partial charge in [-0.25, -0.2) is 4.79 Å². The number of amides is 1. The number of anilines is 1. The van der Waals surface area contributed by atoms with Gasteiger partial charge in [0.25, 0.3) is 5.91 Å². The van der Waals surface area contributed by atoms with E-state index in [4.69, 9.17) is 21.1 Å². The van der Waals surface area contributed by atoms with Gasteiger partial charge in [-0.3, -0.25) is 4.79 Å². The van der Waals surface area contributed by atoms with Crippen molar-refractivity contribution in [1.82, 2.24) is 0 Å². The summed E-state index contributed by atoms with van der Waals surface area (Å²) in [6.07, 6.45) is -1.79. The molecule has 0 aromatic heterocycles. The molecule has 0 radical (unpaired) electrons. The molecule has 0 aliphatic heterocycles. The number of esters is 1. The molecule has 0 spiro atoms. The second kappa shape index (κ2) is 8.36. The van der Waals surface area contributed by atoms with Crippen molar-refractivity contribution in [2.45, 2.75) is 26.1 Å². The largest absolute Gasteiger partial charge is 0.479 e. The van der Waals surface area contributed by atoms with Gasteiger partial charge in [0, 0.05) is 10.7 Å². The van der Waals surface area contributed by atoms with Crippen molar-refractivity contribution in [3.63, 3.8) is 0 Å². The molecule has 0 saturated heterocycles. The van der Waals surface area contributed by atoms with Crippen molar-refractivity contribution in [3.8, 4) is 5.75 Å². The first-order valence-corrected chi connectivity index (χ1v) is 7.82. The molecule has 0 bridgehead atoms. The van der Waals surface area contributed by atoms with E-state index in [1.54, 1.807) is 55.5 Å². The number of carbonyl (C=O) groups excluding carboxylic acids is 2. The summed E-state index contributed by atoms with van der Waals surface area (Å²) in [6, 6.07) is 15.6. The Balaban J connectivity index is 1.87. The molecule has 6 heteroatoms. The second-order valence-electron chi connectivity index (χ2n) is 5.15. The van der Waals surface area contributed by atoms with Crippen LogP contribution in [0.3, 0.4) is 0 Å². The molecule has 0 heterocycles. The summed E-state index contributed by atoms with van der Waals surface area (Å²) in [5, 5.41) is 3.14. The quantitative estimate of drug-likeness (QED) is 0.810. The van der Waals surface area contributed by atoms with Crippen LogP contribution in [0.4, 0.5) is 5.69 Å². The lowest BCUT2D eigenvalue weighted by atomic mass is 10.3. The lowest BCUT2D eigenvalue weighted by Gasteiger charge is -2.17. The van der Waals surface area contributed by atoms with Crippen LogP contribution < -0.4 is 10.1 Å². The topological polar surface area (TPSA) is 64.6 Å². The molecule has 2 aromatic carbocycles. The summed E-state index contributed by atoms with van der Waals surface area (Å²) in [6.45, 7) is 3.06. The summed E-state index contributed by atoms with van der Waals surface area (Å²) in [5.74, 6) is -0.511. The second-order valence-corrected chi connectivity index (χ2v) is 5.59. The van der Waals surface area contributed by atoms with E-state index in [1.165, 1.54) is 6.92 Å². The highest BCUT2D eigenvalue weighted by molar-refractivity contribution is 6.30. The Hall–Kier alpha value is -2.53. The average molecular weight is 348 g/mol. The number of halogens is 1. The van der Waals surface area contributed by atoms with Gasteiger partial charge in [0.2, 0.25) is 0 Å². The van der Waals surface area contributed by atoms with E-state index in [9.17, 15) is 9.59 Å². The highest BCUT2D eigenvalue weighted by Gasteiger charge is 2.23. The van der Waals surface area contributed by atoms with Crippen LogP contribution in [0.25, 0.3) is 0 Å². The van der Waals surface area contributed by atoms with Crippen molar-refractivity contribution in [2.75, 3.05) is 5.32 Å². The normalized spacial score (nSPS) is 12.8. The van der Waals surface area contributed by atoms with E-state index in [1.807, 2.05) is 6.07 Å². The Bertz CT molecular complexity index is 705. The molecule has 126 valence electrons. The molecule has 0 unspecified atom stereocenters. The van der Waals surface area contributed by atoms with Crippen LogP contribution in [0.15, 0.2) is 54.6 Å². The highest BCUT2D eigenvalue weighted by Crippen LogP contribution is 2.16. The number of carbonyl (C=O) groups is 2. The fourth-order valence-corrected chi connectivity index (χ4v) is 2.08. The van der Waals surface area contributed by atoms with Gasteiger partial charge in [0.1, 0.15) is 5.75 Å². The van der Waals surface area contributed by atoms with E-state index >= 15 is 0 Å². The summed E-state index contributed by atoms with van der Waals surface area (Å²) in [7, 11) is 0. The first kappa shape index (κ1) is 17.8. The molecular weight excluding hydrogens is 330 g/mol. The number of nitrogens with one attached hydrogen (secondary N) is 1. The van der Waals surface area contributed by atoms with E-state index in [0.29, 0.717) is 16.5 Å². The third-order valence-corrected chi connectivity index (χ3v) is 3.38. The van der Waals surface area contributed by atoms with Gasteiger partial charge in [0.05, 0.1) is 0 Å². The van der Waals surface area contributed by atoms with Gasteiger partial charge >= 0.3 is 5.97 Å². The molecule has 0 fully saturated rings. The summed E-state index contributed by atoms with van der Waals surface area (Å²) in [5.41, 5.74) is 0.531. The smallest absolute Gasteiger partial charge is 0.347 e. The zero-order valence-electron chi connectivity index (χ0n) is 13.4. The number of rotatable bonds is 6. The Labute approximate surface area is 145 Å². The molecular formula is C18H18ClNO4. The third kappa shape index (κ3) is 5.28.